The fourth-order valence-electron chi connectivity index (χ4n) is 2.90. The molecular formula is C18H35NO4Si2. The summed E-state index contributed by atoms with van der Waals surface area (Å²) in [6.45, 7) is 2.19. The molecule has 1 rings (SSSR count). The summed E-state index contributed by atoms with van der Waals surface area (Å²) in [5, 5.41) is 0. The van der Waals surface area contributed by atoms with Gasteiger partial charge in [0, 0.05) is 47.2 Å². The smallest absolute Gasteiger partial charge is 0.134 e. The number of methoxy groups -OCH3 is 4. The van der Waals surface area contributed by atoms with Crippen molar-refractivity contribution in [2.75, 3.05) is 46.4 Å². The van der Waals surface area contributed by atoms with Crippen molar-refractivity contribution in [3.05, 3.63) is 30.3 Å². The predicted molar refractivity (Wildman–Crippen MR) is 110 cm³/mol. The molecule has 0 aliphatic rings. The normalized spacial score (nSPS) is 12.4. The molecule has 0 atom stereocenters. The largest absolute Gasteiger partial charge is 0.372 e. The van der Waals surface area contributed by atoms with Gasteiger partial charge in [-0.3, -0.25) is 0 Å². The van der Waals surface area contributed by atoms with E-state index in [2.05, 4.69) is 35.2 Å². The minimum absolute atomic E-state index is 0.0520. The van der Waals surface area contributed by atoms with Gasteiger partial charge < -0.3 is 23.8 Å². The van der Waals surface area contributed by atoms with Crippen LogP contribution in [-0.2, 0) is 18.9 Å². The average Bonchev–Trinajstić information content (AvgIpc) is 2.67. The molecule has 0 aliphatic carbocycles. The second-order valence-corrected chi connectivity index (χ2v) is 10.0. The zero-order valence-corrected chi connectivity index (χ0v) is 19.1. The van der Waals surface area contributed by atoms with Crippen LogP contribution in [0.5, 0.6) is 0 Å². The summed E-state index contributed by atoms with van der Waals surface area (Å²) in [7, 11) is 6.25. The Morgan fingerprint density at radius 3 is 1.60 bits per heavy atom. The maximum atomic E-state index is 5.32. The van der Waals surface area contributed by atoms with Gasteiger partial charge in [0.05, 0.1) is 19.0 Å². The Morgan fingerprint density at radius 1 is 0.760 bits per heavy atom. The van der Waals surface area contributed by atoms with Crippen LogP contribution in [0.3, 0.4) is 0 Å². The van der Waals surface area contributed by atoms with Crippen LogP contribution in [0.1, 0.15) is 12.8 Å². The van der Waals surface area contributed by atoms with Gasteiger partial charge in [0.25, 0.3) is 0 Å². The molecular weight excluding hydrogens is 350 g/mol. The third-order valence-corrected chi connectivity index (χ3v) is 8.50. The first-order valence-electron chi connectivity index (χ1n) is 9.16. The molecule has 0 saturated heterocycles. The molecule has 0 heterocycles. The minimum Gasteiger partial charge on any atom is -0.372 e. The first-order chi connectivity index (χ1) is 12.2. The van der Waals surface area contributed by atoms with Gasteiger partial charge in [0.1, 0.15) is 11.8 Å². The highest BCUT2D eigenvalue weighted by Crippen LogP contribution is 2.15. The highest BCUT2D eigenvalue weighted by Gasteiger charge is 2.10. The number of nitrogens with zero attached hydrogens (tertiary/aromatic N) is 1. The van der Waals surface area contributed by atoms with Gasteiger partial charge in [-0.15, -0.1) is 0 Å². The number of benzene rings is 1. The Balaban J connectivity index is 2.40. The maximum absolute atomic E-state index is 5.32. The Hall–Kier alpha value is -0.706. The minimum atomic E-state index is -0.336. The number of ether oxygens (including phenoxy) is 4. The van der Waals surface area contributed by atoms with Crippen LogP contribution in [-0.4, -0.2) is 72.4 Å². The van der Waals surface area contributed by atoms with Gasteiger partial charge in [0.15, 0.2) is 0 Å². The van der Waals surface area contributed by atoms with E-state index in [1.54, 1.807) is 28.4 Å². The van der Waals surface area contributed by atoms with Gasteiger partial charge in [-0.05, 0) is 25.0 Å². The fourth-order valence-corrected chi connectivity index (χ4v) is 5.53. The summed E-state index contributed by atoms with van der Waals surface area (Å²) in [6, 6.07) is 13.2. The summed E-state index contributed by atoms with van der Waals surface area (Å²) in [4.78, 5) is 2.51. The van der Waals surface area contributed by atoms with Crippen molar-refractivity contribution in [3.63, 3.8) is 0 Å². The van der Waals surface area contributed by atoms with Crippen LogP contribution in [0.25, 0.3) is 0 Å². The topological polar surface area (TPSA) is 40.2 Å². The molecule has 0 fully saturated rings. The molecule has 25 heavy (non-hydrogen) atoms. The lowest BCUT2D eigenvalue weighted by Crippen LogP contribution is -2.28. The summed E-state index contributed by atoms with van der Waals surface area (Å²) in [6.07, 6.45) is 2.39. The zero-order valence-electron chi connectivity index (χ0n) is 16.3. The van der Waals surface area contributed by atoms with E-state index in [0.717, 1.165) is 13.1 Å². The highest BCUT2D eigenvalue weighted by molar-refractivity contribution is 6.36. The van der Waals surface area contributed by atoms with Crippen molar-refractivity contribution in [1.82, 2.24) is 0 Å². The van der Waals surface area contributed by atoms with Crippen LogP contribution in [0.2, 0.25) is 12.1 Å². The Morgan fingerprint density at radius 2 is 1.20 bits per heavy atom. The number of rotatable bonds is 15. The quantitative estimate of drug-likeness (QED) is 0.261. The van der Waals surface area contributed by atoms with Crippen LogP contribution in [0.4, 0.5) is 5.69 Å². The van der Waals surface area contributed by atoms with E-state index in [9.17, 15) is 0 Å². The van der Waals surface area contributed by atoms with Crippen molar-refractivity contribution in [1.29, 1.82) is 0 Å². The lowest BCUT2D eigenvalue weighted by Gasteiger charge is -2.25. The standard InChI is InChI=1S/C18H35NO4Si2/c1-20-17(21-2)24-14-8-12-19(16-10-6-5-7-11-16)13-9-15-25-18(22-3)23-4/h5-7,10-11,17-18H,8-9,12-15,24-25H2,1-4H3. The lowest BCUT2D eigenvalue weighted by molar-refractivity contribution is -0.0442. The van der Waals surface area contributed by atoms with E-state index in [1.165, 1.54) is 30.6 Å². The zero-order chi connectivity index (χ0) is 18.3. The molecule has 5 nitrogen and oxygen atoms in total. The lowest BCUT2D eigenvalue weighted by atomic mass is 10.2. The molecule has 0 saturated carbocycles. The van der Waals surface area contributed by atoms with Crippen molar-refractivity contribution < 1.29 is 18.9 Å². The molecule has 1 aromatic rings. The van der Waals surface area contributed by atoms with Crippen LogP contribution >= 0.6 is 0 Å². The molecule has 1 aromatic carbocycles. The van der Waals surface area contributed by atoms with Gasteiger partial charge in [-0.25, -0.2) is 0 Å². The van der Waals surface area contributed by atoms with Crippen molar-refractivity contribution >= 4 is 24.7 Å². The van der Waals surface area contributed by atoms with Gasteiger partial charge in [-0.2, -0.15) is 0 Å². The van der Waals surface area contributed by atoms with Crippen molar-refractivity contribution in [3.8, 4) is 0 Å². The Kier molecular flexibility index (Phi) is 12.9. The maximum Gasteiger partial charge on any atom is 0.134 e. The highest BCUT2D eigenvalue weighted by atomic mass is 28.2. The van der Waals surface area contributed by atoms with E-state index >= 15 is 0 Å². The third-order valence-electron chi connectivity index (χ3n) is 4.41. The number of anilines is 1. The monoisotopic (exact) mass is 385 g/mol. The van der Waals surface area contributed by atoms with E-state index in [4.69, 9.17) is 18.9 Å². The van der Waals surface area contributed by atoms with E-state index < -0.39 is 0 Å². The molecule has 0 unspecified atom stereocenters. The van der Waals surface area contributed by atoms with Gasteiger partial charge in [0.2, 0.25) is 0 Å². The molecule has 7 heteroatoms. The first-order valence-corrected chi connectivity index (χ1v) is 12.8. The van der Waals surface area contributed by atoms with Gasteiger partial charge >= 0.3 is 0 Å². The second-order valence-electron chi connectivity index (χ2n) is 6.12. The summed E-state index contributed by atoms with van der Waals surface area (Å²) >= 11 is 0. The van der Waals surface area contributed by atoms with Crippen LogP contribution in [0, 0.1) is 0 Å². The van der Waals surface area contributed by atoms with E-state index in [-0.39, 0.29) is 30.9 Å². The molecule has 0 radical (unpaired) electrons. The van der Waals surface area contributed by atoms with Crippen molar-refractivity contribution in [2.24, 2.45) is 0 Å². The van der Waals surface area contributed by atoms with Gasteiger partial charge in [-0.1, -0.05) is 30.3 Å². The second kappa shape index (κ2) is 14.5. The fraction of sp³-hybridized carbons (Fsp3) is 0.667. The molecule has 0 amide bonds. The first kappa shape index (κ1) is 22.3. The number of hydrogen-bond acceptors (Lipinski definition) is 5. The average molecular weight is 386 g/mol. The summed E-state index contributed by atoms with van der Waals surface area (Å²) in [5.41, 5.74) is 1.32. The van der Waals surface area contributed by atoms with E-state index in [1.807, 2.05) is 0 Å². The number of para-hydroxylation sites is 1. The summed E-state index contributed by atoms with van der Waals surface area (Å²) < 4.78 is 21.3. The SMILES string of the molecule is COC(OC)[SiH2]CCCN(CCC[SiH2]C(OC)OC)c1ccccc1. The van der Waals surface area contributed by atoms with Crippen molar-refractivity contribution in [2.45, 2.75) is 36.8 Å². The molecule has 0 aliphatic heterocycles. The summed E-state index contributed by atoms with van der Waals surface area (Å²) in [5.74, 6) is 0.104. The Labute approximate surface area is 157 Å². The third kappa shape index (κ3) is 9.53. The molecule has 0 N–H and O–H groups in total. The number of hydrogen-bond donors (Lipinski definition) is 0. The molecule has 0 spiro atoms. The van der Waals surface area contributed by atoms with Crippen LogP contribution in [0.15, 0.2) is 30.3 Å². The van der Waals surface area contributed by atoms with E-state index in [0.29, 0.717) is 0 Å². The predicted octanol–water partition coefficient (Wildman–Crippen LogP) is 1.60. The molecule has 0 bridgehead atoms. The molecule has 0 aromatic heterocycles. The molecule has 144 valence electrons. The Bertz CT molecular complexity index is 397. The van der Waals surface area contributed by atoms with Crippen LogP contribution < -0.4 is 4.90 Å².